The quantitative estimate of drug-likeness (QED) is 0.396. The zero-order chi connectivity index (χ0) is 22.8. The zero-order valence-electron chi connectivity index (χ0n) is 18.2. The number of anilines is 1. The number of nitrogens with one attached hydrogen (secondary N) is 1. The van der Waals surface area contributed by atoms with E-state index in [4.69, 9.17) is 5.73 Å². The standard InChI is InChI=1S/C22H27N7O3/c1-13-17-11-25-22(26-18-8-7-15(12-28(18)32)24-10-9-23)27-20(17)29(16-5-3-4-6-16)21(31)19(13)14(2)30/h7-8,11-12,16,24,32H,3-6,9-10,23H2,1-2H3. The van der Waals surface area contributed by atoms with Crippen LogP contribution in [-0.4, -0.2) is 43.3 Å². The van der Waals surface area contributed by atoms with Gasteiger partial charge in [-0.15, -0.1) is 0 Å². The molecule has 0 bridgehead atoms. The summed E-state index contributed by atoms with van der Waals surface area (Å²) in [5.41, 5.74) is 7.32. The van der Waals surface area contributed by atoms with Crippen LogP contribution in [0.5, 0.6) is 0 Å². The number of fused-ring (bicyclic) bond motifs is 1. The molecule has 0 radical (unpaired) electrons. The molecule has 0 aliphatic heterocycles. The average Bonchev–Trinajstić information content (AvgIpc) is 3.28. The Labute approximate surface area is 184 Å². The first-order valence-electron chi connectivity index (χ1n) is 10.7. The fraction of sp³-hybridized carbons (Fsp3) is 0.409. The Hall–Kier alpha value is -3.53. The number of hydrogen-bond acceptors (Lipinski definition) is 8. The van der Waals surface area contributed by atoms with Crippen molar-refractivity contribution in [3.63, 3.8) is 0 Å². The molecule has 10 heteroatoms. The smallest absolute Gasteiger partial charge is 0.263 e. The van der Waals surface area contributed by atoms with Gasteiger partial charge in [0.25, 0.3) is 11.5 Å². The van der Waals surface area contributed by atoms with Gasteiger partial charge < -0.3 is 16.3 Å². The molecule has 1 aliphatic carbocycles. The van der Waals surface area contributed by atoms with Crippen molar-refractivity contribution in [3.8, 4) is 0 Å². The molecule has 1 fully saturated rings. The summed E-state index contributed by atoms with van der Waals surface area (Å²) >= 11 is 0. The van der Waals surface area contributed by atoms with Crippen LogP contribution in [0.25, 0.3) is 11.0 Å². The maximum absolute atomic E-state index is 13.3. The van der Waals surface area contributed by atoms with Gasteiger partial charge in [-0.2, -0.15) is 14.7 Å². The Kier molecular flexibility index (Phi) is 6.04. The summed E-state index contributed by atoms with van der Waals surface area (Å²) in [5, 5.41) is 14.0. The van der Waals surface area contributed by atoms with Gasteiger partial charge in [-0.25, -0.2) is 4.98 Å². The lowest BCUT2D eigenvalue weighted by atomic mass is 10.0. The number of carbonyl (C=O) groups is 1. The highest BCUT2D eigenvalue weighted by atomic mass is 16.5. The first-order chi connectivity index (χ1) is 15.4. The average molecular weight is 438 g/mol. The predicted octanol–water partition coefficient (Wildman–Crippen LogP) is 2.06. The van der Waals surface area contributed by atoms with E-state index in [9.17, 15) is 14.8 Å². The van der Waals surface area contributed by atoms with E-state index in [-0.39, 0.29) is 34.4 Å². The Balaban J connectivity index is 1.88. The molecule has 0 aromatic carbocycles. The fourth-order valence-electron chi connectivity index (χ4n) is 4.29. The van der Waals surface area contributed by atoms with Gasteiger partial charge in [0.05, 0.1) is 17.4 Å². The number of ketones is 1. The molecule has 0 unspecified atom stereocenters. The van der Waals surface area contributed by atoms with Crippen molar-refractivity contribution < 1.29 is 10.0 Å². The lowest BCUT2D eigenvalue weighted by Gasteiger charge is -2.19. The molecular weight excluding hydrogens is 410 g/mol. The van der Waals surface area contributed by atoms with Gasteiger partial charge >= 0.3 is 0 Å². The topological polar surface area (TPSA) is 140 Å². The van der Waals surface area contributed by atoms with E-state index in [0.717, 1.165) is 30.4 Å². The number of rotatable bonds is 6. The summed E-state index contributed by atoms with van der Waals surface area (Å²) in [4.78, 5) is 38.7. The van der Waals surface area contributed by atoms with Crippen molar-refractivity contribution in [2.75, 3.05) is 18.4 Å². The van der Waals surface area contributed by atoms with Gasteiger partial charge in [0.15, 0.2) is 11.3 Å². The fourth-order valence-corrected chi connectivity index (χ4v) is 4.29. The molecule has 0 amide bonds. The van der Waals surface area contributed by atoms with E-state index < -0.39 is 0 Å². The van der Waals surface area contributed by atoms with Crippen LogP contribution in [0.1, 0.15) is 54.6 Å². The maximum atomic E-state index is 13.3. The van der Waals surface area contributed by atoms with Gasteiger partial charge in [0.1, 0.15) is 5.65 Å². The summed E-state index contributed by atoms with van der Waals surface area (Å²) in [6.07, 6.45) is 6.85. The minimum Gasteiger partial charge on any atom is -0.427 e. The van der Waals surface area contributed by atoms with Gasteiger partial charge in [-0.1, -0.05) is 12.8 Å². The number of Topliss-reactive ketones (excluding diaryl/α,β-unsaturated/α-hetero) is 1. The first kappa shape index (κ1) is 21.7. The lowest BCUT2D eigenvalue weighted by molar-refractivity contribution is 0.101. The monoisotopic (exact) mass is 437 g/mol. The Morgan fingerprint density at radius 3 is 2.75 bits per heavy atom. The molecular formula is C22H27N7O3. The molecule has 168 valence electrons. The van der Waals surface area contributed by atoms with Crippen LogP contribution in [0.15, 0.2) is 34.3 Å². The molecule has 0 spiro atoms. The first-order valence-corrected chi connectivity index (χ1v) is 10.7. The Morgan fingerprint density at radius 2 is 2.09 bits per heavy atom. The minimum atomic E-state index is -0.313. The molecule has 4 N–H and O–H groups in total. The van der Waals surface area contributed by atoms with Crippen LogP contribution in [0.3, 0.4) is 0 Å². The molecule has 10 nitrogen and oxygen atoms in total. The number of aryl methyl sites for hydroxylation is 1. The van der Waals surface area contributed by atoms with Crippen LogP contribution in [0.4, 0.5) is 11.6 Å². The second-order valence-corrected chi connectivity index (χ2v) is 8.02. The van der Waals surface area contributed by atoms with Crippen molar-refractivity contribution in [3.05, 3.63) is 51.5 Å². The van der Waals surface area contributed by atoms with Gasteiger partial charge in [0, 0.05) is 30.7 Å². The third-order valence-electron chi connectivity index (χ3n) is 5.83. The largest absolute Gasteiger partial charge is 0.427 e. The normalized spacial score (nSPS) is 14.9. The summed E-state index contributed by atoms with van der Waals surface area (Å²) in [5.74, 6) is -0.149. The Bertz CT molecular complexity index is 1300. The summed E-state index contributed by atoms with van der Waals surface area (Å²) in [7, 11) is 0. The second kappa shape index (κ2) is 8.91. The highest BCUT2D eigenvalue weighted by Gasteiger charge is 2.25. The van der Waals surface area contributed by atoms with Crippen molar-refractivity contribution in [1.29, 1.82) is 0 Å². The number of carbonyl (C=O) groups excluding carboxylic acids is 1. The molecule has 1 saturated carbocycles. The van der Waals surface area contributed by atoms with Crippen LogP contribution in [0.2, 0.25) is 0 Å². The van der Waals surface area contributed by atoms with Gasteiger partial charge in [0.2, 0.25) is 0 Å². The van der Waals surface area contributed by atoms with E-state index >= 15 is 0 Å². The van der Waals surface area contributed by atoms with Crippen LogP contribution in [0, 0.1) is 6.92 Å². The molecule has 4 rings (SSSR count). The van der Waals surface area contributed by atoms with Crippen molar-refractivity contribution in [2.45, 2.75) is 45.6 Å². The number of hydrogen-bond donors (Lipinski definition) is 3. The highest BCUT2D eigenvalue weighted by Crippen LogP contribution is 2.31. The van der Waals surface area contributed by atoms with Gasteiger partial charge in [-0.3, -0.25) is 14.2 Å². The maximum Gasteiger partial charge on any atom is 0.263 e. The van der Waals surface area contributed by atoms with Crippen molar-refractivity contribution in [2.24, 2.45) is 10.7 Å². The molecule has 3 aromatic heterocycles. The lowest BCUT2D eigenvalue weighted by Crippen LogP contribution is -2.30. The van der Waals surface area contributed by atoms with E-state index in [0.29, 0.717) is 35.4 Å². The van der Waals surface area contributed by atoms with E-state index in [1.165, 1.54) is 13.1 Å². The highest BCUT2D eigenvalue weighted by molar-refractivity contribution is 5.99. The Morgan fingerprint density at radius 1 is 1.34 bits per heavy atom. The number of nitrogens with two attached hydrogens (primary N) is 1. The molecule has 1 aliphatic rings. The van der Waals surface area contributed by atoms with Crippen molar-refractivity contribution >= 4 is 28.5 Å². The van der Waals surface area contributed by atoms with Crippen LogP contribution >= 0.6 is 0 Å². The molecule has 0 saturated heterocycles. The molecule has 3 aromatic rings. The van der Waals surface area contributed by atoms with Gasteiger partial charge in [-0.05, 0) is 44.4 Å². The summed E-state index contributed by atoms with van der Waals surface area (Å²) in [6.45, 7) is 4.19. The predicted molar refractivity (Wildman–Crippen MR) is 120 cm³/mol. The molecule has 0 atom stereocenters. The third-order valence-corrected chi connectivity index (χ3v) is 5.83. The van der Waals surface area contributed by atoms with Crippen molar-refractivity contribution in [1.82, 2.24) is 19.3 Å². The second-order valence-electron chi connectivity index (χ2n) is 8.02. The van der Waals surface area contributed by atoms with E-state index in [1.54, 1.807) is 29.8 Å². The number of pyridine rings is 2. The van der Waals surface area contributed by atoms with E-state index in [1.807, 2.05) is 0 Å². The number of aromatic nitrogens is 4. The molecule has 32 heavy (non-hydrogen) atoms. The third kappa shape index (κ3) is 4.01. The zero-order valence-corrected chi connectivity index (χ0v) is 18.2. The van der Waals surface area contributed by atoms with E-state index in [2.05, 4.69) is 20.3 Å². The SMILES string of the molecule is CC(=O)c1c(C)c2cnc(N=c3ccc(NCCN)cn3O)nc2n(C2CCCC2)c1=O. The number of nitrogens with zero attached hydrogens (tertiary/aromatic N) is 5. The summed E-state index contributed by atoms with van der Waals surface area (Å²) in [6, 6.07) is 3.38. The van der Waals surface area contributed by atoms with Crippen LogP contribution in [-0.2, 0) is 0 Å². The molecule has 3 heterocycles. The van der Waals surface area contributed by atoms with Crippen LogP contribution < -0.4 is 22.1 Å². The summed E-state index contributed by atoms with van der Waals surface area (Å²) < 4.78 is 2.51. The minimum absolute atomic E-state index is 0.0119.